The molecule has 1 saturated heterocycles. The van der Waals surface area contributed by atoms with Gasteiger partial charge in [0.1, 0.15) is 0 Å². The lowest BCUT2D eigenvalue weighted by Crippen LogP contribution is -2.44. The molecule has 3 rings (SSSR count). The van der Waals surface area contributed by atoms with Crippen molar-refractivity contribution < 1.29 is 5.11 Å². The van der Waals surface area contributed by atoms with Crippen LogP contribution in [0.1, 0.15) is 36.0 Å². The van der Waals surface area contributed by atoms with Crippen LogP contribution in [0.4, 0.5) is 0 Å². The average molecular weight is 189 g/mol. The van der Waals surface area contributed by atoms with Gasteiger partial charge in [-0.1, -0.05) is 24.3 Å². The van der Waals surface area contributed by atoms with E-state index in [-0.39, 0.29) is 12.1 Å². The highest BCUT2D eigenvalue weighted by atomic mass is 16.3. The molecule has 1 aliphatic heterocycles. The van der Waals surface area contributed by atoms with Crippen LogP contribution in [0, 0.1) is 0 Å². The summed E-state index contributed by atoms with van der Waals surface area (Å²) in [6.07, 6.45) is 2.00. The first-order chi connectivity index (χ1) is 6.86. The van der Waals surface area contributed by atoms with Crippen LogP contribution < -0.4 is 5.32 Å². The largest absolute Gasteiger partial charge is 0.387 e. The van der Waals surface area contributed by atoms with Crippen LogP contribution in [0.3, 0.4) is 0 Å². The minimum absolute atomic E-state index is 0.281. The maximum atomic E-state index is 10.1. The van der Waals surface area contributed by atoms with Crippen molar-refractivity contribution in [1.29, 1.82) is 0 Å². The van der Waals surface area contributed by atoms with Gasteiger partial charge >= 0.3 is 0 Å². The molecule has 14 heavy (non-hydrogen) atoms. The molecular formula is C12H15NO. The van der Waals surface area contributed by atoms with Crippen molar-refractivity contribution in [3.63, 3.8) is 0 Å². The van der Waals surface area contributed by atoms with E-state index in [9.17, 15) is 5.11 Å². The van der Waals surface area contributed by atoms with Crippen LogP contribution in [-0.4, -0.2) is 17.7 Å². The Morgan fingerprint density at radius 1 is 1.21 bits per heavy atom. The van der Waals surface area contributed by atoms with Crippen LogP contribution in [0.15, 0.2) is 24.3 Å². The summed E-state index contributed by atoms with van der Waals surface area (Å²) in [5, 5.41) is 13.5. The van der Waals surface area contributed by atoms with Crippen LogP contribution in [0.25, 0.3) is 0 Å². The smallest absolute Gasteiger partial charge is 0.0945 e. The quantitative estimate of drug-likeness (QED) is 0.649. The number of aliphatic hydroxyl groups excluding tert-OH is 1. The fourth-order valence-electron chi connectivity index (χ4n) is 2.84. The van der Waals surface area contributed by atoms with Gasteiger partial charge in [0.15, 0.2) is 0 Å². The van der Waals surface area contributed by atoms with Gasteiger partial charge < -0.3 is 10.4 Å². The summed E-state index contributed by atoms with van der Waals surface area (Å²) >= 11 is 0. The Labute approximate surface area is 84.0 Å². The summed E-state index contributed by atoms with van der Waals surface area (Å²) < 4.78 is 0. The minimum atomic E-state index is -0.303. The fraction of sp³-hybridized carbons (Fsp3) is 0.500. The predicted octanol–water partition coefficient (Wildman–Crippen LogP) is 1.57. The van der Waals surface area contributed by atoms with Gasteiger partial charge in [-0.3, -0.25) is 0 Å². The monoisotopic (exact) mass is 189 g/mol. The van der Waals surface area contributed by atoms with E-state index in [0.29, 0.717) is 5.92 Å². The summed E-state index contributed by atoms with van der Waals surface area (Å²) in [5.74, 6) is 0.667. The van der Waals surface area contributed by atoms with Crippen molar-refractivity contribution in [2.75, 3.05) is 6.54 Å². The zero-order valence-corrected chi connectivity index (χ0v) is 8.11. The zero-order chi connectivity index (χ0) is 9.54. The lowest BCUT2D eigenvalue weighted by atomic mass is 9.75. The maximum absolute atomic E-state index is 10.1. The molecule has 0 saturated carbocycles. The zero-order valence-electron chi connectivity index (χ0n) is 8.11. The molecule has 1 heterocycles. The third-order valence-electron chi connectivity index (χ3n) is 3.57. The van der Waals surface area contributed by atoms with Crippen molar-refractivity contribution in [3.05, 3.63) is 35.4 Å². The molecule has 1 aromatic rings. The number of nitrogens with one attached hydrogen (secondary N) is 1. The Balaban J connectivity index is 2.11. The SMILES string of the molecule is OC1c2ccccc2C2CCNC1C2. The lowest BCUT2D eigenvalue weighted by molar-refractivity contribution is 0.0945. The van der Waals surface area contributed by atoms with Gasteiger partial charge in [-0.05, 0) is 36.4 Å². The van der Waals surface area contributed by atoms with Crippen LogP contribution in [0.5, 0.6) is 0 Å². The van der Waals surface area contributed by atoms with E-state index in [4.69, 9.17) is 0 Å². The molecule has 3 atom stereocenters. The van der Waals surface area contributed by atoms with E-state index in [0.717, 1.165) is 18.5 Å². The molecule has 0 amide bonds. The number of fused-ring (bicyclic) bond motifs is 4. The van der Waals surface area contributed by atoms with E-state index < -0.39 is 0 Å². The van der Waals surface area contributed by atoms with Gasteiger partial charge in [-0.15, -0.1) is 0 Å². The summed E-state index contributed by atoms with van der Waals surface area (Å²) in [6.45, 7) is 1.04. The Bertz CT molecular complexity index is 329. The van der Waals surface area contributed by atoms with Crippen LogP contribution in [-0.2, 0) is 0 Å². The summed E-state index contributed by atoms with van der Waals surface area (Å²) in [7, 11) is 0. The van der Waals surface area contributed by atoms with Crippen LogP contribution in [0.2, 0.25) is 0 Å². The van der Waals surface area contributed by atoms with Crippen molar-refractivity contribution >= 4 is 0 Å². The lowest BCUT2D eigenvalue weighted by Gasteiger charge is -2.40. The van der Waals surface area contributed by atoms with E-state index in [2.05, 4.69) is 23.5 Å². The Morgan fingerprint density at radius 2 is 2.00 bits per heavy atom. The Kier molecular flexibility index (Phi) is 1.85. The number of piperidine rings is 1. The van der Waals surface area contributed by atoms with Crippen molar-refractivity contribution in [3.8, 4) is 0 Å². The number of rotatable bonds is 0. The highest BCUT2D eigenvalue weighted by Crippen LogP contribution is 2.41. The molecule has 1 aliphatic carbocycles. The normalized spacial score (nSPS) is 35.1. The van der Waals surface area contributed by atoms with Gasteiger partial charge in [-0.2, -0.15) is 0 Å². The highest BCUT2D eigenvalue weighted by Gasteiger charge is 2.35. The molecule has 0 spiro atoms. The topological polar surface area (TPSA) is 32.3 Å². The van der Waals surface area contributed by atoms with Gasteiger partial charge in [0.2, 0.25) is 0 Å². The van der Waals surface area contributed by atoms with Crippen LogP contribution >= 0.6 is 0 Å². The van der Waals surface area contributed by atoms with E-state index >= 15 is 0 Å². The average Bonchev–Trinajstić information content (AvgIpc) is 2.27. The molecule has 3 unspecified atom stereocenters. The van der Waals surface area contributed by atoms with Crippen molar-refractivity contribution in [1.82, 2.24) is 5.32 Å². The van der Waals surface area contributed by atoms with Gasteiger partial charge in [0.05, 0.1) is 6.10 Å². The molecular weight excluding hydrogens is 174 g/mol. The number of benzene rings is 1. The molecule has 2 aliphatic rings. The first kappa shape index (κ1) is 8.45. The van der Waals surface area contributed by atoms with E-state index in [1.54, 1.807) is 0 Å². The van der Waals surface area contributed by atoms with Gasteiger partial charge in [0.25, 0.3) is 0 Å². The van der Waals surface area contributed by atoms with Crippen molar-refractivity contribution in [2.24, 2.45) is 0 Å². The fourth-order valence-corrected chi connectivity index (χ4v) is 2.84. The van der Waals surface area contributed by atoms with Gasteiger partial charge in [0, 0.05) is 6.04 Å². The summed E-state index contributed by atoms with van der Waals surface area (Å²) in [4.78, 5) is 0. The Hall–Kier alpha value is -0.860. The summed E-state index contributed by atoms with van der Waals surface area (Å²) in [6, 6.07) is 8.61. The first-order valence-electron chi connectivity index (χ1n) is 5.36. The third-order valence-corrected chi connectivity index (χ3v) is 3.57. The second-order valence-electron chi connectivity index (χ2n) is 4.36. The number of hydrogen-bond acceptors (Lipinski definition) is 2. The molecule has 0 aromatic heterocycles. The summed E-state index contributed by atoms with van der Waals surface area (Å²) in [5.41, 5.74) is 2.51. The predicted molar refractivity (Wildman–Crippen MR) is 55.2 cm³/mol. The highest BCUT2D eigenvalue weighted by molar-refractivity contribution is 5.36. The molecule has 0 radical (unpaired) electrons. The third kappa shape index (κ3) is 1.11. The number of aliphatic hydroxyl groups is 1. The molecule has 1 aromatic carbocycles. The second-order valence-corrected chi connectivity index (χ2v) is 4.36. The molecule has 2 heteroatoms. The maximum Gasteiger partial charge on any atom is 0.0945 e. The second kappa shape index (κ2) is 3.07. The molecule has 1 fully saturated rings. The van der Waals surface area contributed by atoms with E-state index in [1.165, 1.54) is 12.0 Å². The minimum Gasteiger partial charge on any atom is -0.387 e. The van der Waals surface area contributed by atoms with E-state index in [1.807, 2.05) is 6.07 Å². The van der Waals surface area contributed by atoms with Crippen molar-refractivity contribution in [2.45, 2.75) is 30.9 Å². The molecule has 2 bridgehead atoms. The molecule has 74 valence electrons. The Morgan fingerprint density at radius 3 is 2.86 bits per heavy atom. The standard InChI is InChI=1S/C12H15NO/c14-12-10-4-2-1-3-9(10)8-5-6-13-11(12)7-8/h1-4,8,11-14H,5-7H2. The number of hydrogen-bond donors (Lipinski definition) is 2. The van der Waals surface area contributed by atoms with Gasteiger partial charge in [-0.25, -0.2) is 0 Å². The molecule has 2 N–H and O–H groups in total. The first-order valence-corrected chi connectivity index (χ1v) is 5.36. The molecule has 2 nitrogen and oxygen atoms in total.